The number of anilines is 2. The van der Waals surface area contributed by atoms with E-state index in [-0.39, 0.29) is 6.04 Å². The number of nitrogens with one attached hydrogen (secondary N) is 1. The van der Waals surface area contributed by atoms with E-state index in [9.17, 15) is 4.79 Å². The predicted octanol–water partition coefficient (Wildman–Crippen LogP) is 1.27. The molecule has 0 spiro atoms. The highest BCUT2D eigenvalue weighted by atomic mass is 16.5. The Kier molecular flexibility index (Phi) is 3.49. The molecule has 0 unspecified atom stereocenters. The van der Waals surface area contributed by atoms with Crippen LogP contribution >= 0.6 is 0 Å². The predicted molar refractivity (Wildman–Crippen MR) is 58.7 cm³/mol. The molecule has 1 aromatic heterocycles. The summed E-state index contributed by atoms with van der Waals surface area (Å²) in [6.45, 7) is 3.94. The molecule has 1 heterocycles. The van der Waals surface area contributed by atoms with Gasteiger partial charge in [0.25, 0.3) is 0 Å². The standard InChI is InChI=1S/C10H15N3O2/c1-6(2)13-8-5-12-9(11)4-7(8)10(14)15-3/h4-6,13H,1-3H3,(H2,11,12). The van der Waals surface area contributed by atoms with Crippen LogP contribution in [0.5, 0.6) is 0 Å². The van der Waals surface area contributed by atoms with E-state index in [2.05, 4.69) is 15.0 Å². The number of aromatic nitrogens is 1. The Morgan fingerprint density at radius 3 is 2.80 bits per heavy atom. The van der Waals surface area contributed by atoms with Gasteiger partial charge in [-0.3, -0.25) is 0 Å². The van der Waals surface area contributed by atoms with Crippen molar-refractivity contribution in [2.45, 2.75) is 19.9 Å². The number of esters is 1. The van der Waals surface area contributed by atoms with Gasteiger partial charge in [0, 0.05) is 6.04 Å². The molecular formula is C10H15N3O2. The van der Waals surface area contributed by atoms with Crippen LogP contribution in [0.1, 0.15) is 24.2 Å². The zero-order valence-electron chi connectivity index (χ0n) is 9.07. The molecule has 0 aliphatic carbocycles. The Hall–Kier alpha value is -1.78. The molecule has 0 bridgehead atoms. The molecule has 0 aliphatic rings. The molecule has 0 saturated carbocycles. The third kappa shape index (κ3) is 2.83. The van der Waals surface area contributed by atoms with Gasteiger partial charge in [0.1, 0.15) is 5.82 Å². The molecule has 5 heteroatoms. The Balaban J connectivity index is 3.08. The van der Waals surface area contributed by atoms with Crippen molar-refractivity contribution in [2.24, 2.45) is 0 Å². The monoisotopic (exact) mass is 209 g/mol. The molecule has 0 atom stereocenters. The molecule has 5 nitrogen and oxygen atoms in total. The molecule has 0 aliphatic heterocycles. The van der Waals surface area contributed by atoms with Gasteiger partial charge in [0.2, 0.25) is 0 Å². The quantitative estimate of drug-likeness (QED) is 0.733. The van der Waals surface area contributed by atoms with Crippen LogP contribution in [-0.2, 0) is 4.74 Å². The molecule has 0 radical (unpaired) electrons. The highest BCUT2D eigenvalue weighted by Gasteiger charge is 2.13. The van der Waals surface area contributed by atoms with Crippen molar-refractivity contribution in [3.05, 3.63) is 17.8 Å². The van der Waals surface area contributed by atoms with Crippen LogP contribution in [0.3, 0.4) is 0 Å². The number of nitrogens with two attached hydrogens (primary N) is 1. The maximum Gasteiger partial charge on any atom is 0.340 e. The topological polar surface area (TPSA) is 77.2 Å². The zero-order chi connectivity index (χ0) is 11.4. The largest absolute Gasteiger partial charge is 0.465 e. The summed E-state index contributed by atoms with van der Waals surface area (Å²) in [5, 5.41) is 3.10. The molecule has 1 aromatic rings. The van der Waals surface area contributed by atoms with Crippen molar-refractivity contribution in [1.29, 1.82) is 0 Å². The van der Waals surface area contributed by atoms with E-state index in [1.165, 1.54) is 19.4 Å². The Labute approximate surface area is 88.6 Å². The molecule has 0 fully saturated rings. The van der Waals surface area contributed by atoms with Crippen LogP contribution in [0.2, 0.25) is 0 Å². The first-order valence-corrected chi connectivity index (χ1v) is 4.65. The number of carbonyl (C=O) groups is 1. The lowest BCUT2D eigenvalue weighted by atomic mass is 10.2. The Bertz CT molecular complexity index is 364. The fraction of sp³-hybridized carbons (Fsp3) is 0.400. The van der Waals surface area contributed by atoms with Crippen molar-refractivity contribution in [2.75, 3.05) is 18.2 Å². The van der Waals surface area contributed by atoms with E-state index in [0.29, 0.717) is 17.1 Å². The molecule has 0 aromatic carbocycles. The van der Waals surface area contributed by atoms with Crippen LogP contribution in [0.15, 0.2) is 12.3 Å². The van der Waals surface area contributed by atoms with Gasteiger partial charge in [-0.15, -0.1) is 0 Å². The first-order chi connectivity index (χ1) is 7.04. The van der Waals surface area contributed by atoms with E-state index in [0.717, 1.165) is 0 Å². The van der Waals surface area contributed by atoms with Gasteiger partial charge in [0.05, 0.1) is 24.6 Å². The summed E-state index contributed by atoms with van der Waals surface area (Å²) in [4.78, 5) is 15.3. The minimum Gasteiger partial charge on any atom is -0.465 e. The SMILES string of the molecule is COC(=O)c1cc(N)ncc1NC(C)C. The van der Waals surface area contributed by atoms with Crippen molar-refractivity contribution in [1.82, 2.24) is 4.98 Å². The van der Waals surface area contributed by atoms with Crippen molar-refractivity contribution in [3.63, 3.8) is 0 Å². The molecule has 15 heavy (non-hydrogen) atoms. The average Bonchev–Trinajstić information content (AvgIpc) is 2.19. The smallest absolute Gasteiger partial charge is 0.340 e. The number of pyridine rings is 1. The van der Waals surface area contributed by atoms with Crippen LogP contribution in [-0.4, -0.2) is 24.1 Å². The molecule has 0 saturated heterocycles. The van der Waals surface area contributed by atoms with Crippen LogP contribution < -0.4 is 11.1 Å². The fourth-order valence-corrected chi connectivity index (χ4v) is 1.18. The number of hydrogen-bond donors (Lipinski definition) is 2. The average molecular weight is 209 g/mol. The van der Waals surface area contributed by atoms with Crippen LogP contribution in [0, 0.1) is 0 Å². The zero-order valence-corrected chi connectivity index (χ0v) is 9.07. The molecule has 0 amide bonds. The third-order valence-corrected chi connectivity index (χ3v) is 1.77. The number of carbonyl (C=O) groups excluding carboxylic acids is 1. The van der Waals surface area contributed by atoms with E-state index in [4.69, 9.17) is 5.73 Å². The fourth-order valence-electron chi connectivity index (χ4n) is 1.18. The first-order valence-electron chi connectivity index (χ1n) is 4.65. The van der Waals surface area contributed by atoms with Crippen molar-refractivity contribution >= 4 is 17.5 Å². The number of ether oxygens (including phenoxy) is 1. The second-order valence-corrected chi connectivity index (χ2v) is 3.45. The van der Waals surface area contributed by atoms with Gasteiger partial charge in [0.15, 0.2) is 0 Å². The second kappa shape index (κ2) is 4.63. The van der Waals surface area contributed by atoms with Gasteiger partial charge < -0.3 is 15.8 Å². The van der Waals surface area contributed by atoms with Crippen molar-refractivity contribution in [3.8, 4) is 0 Å². The van der Waals surface area contributed by atoms with Gasteiger partial charge >= 0.3 is 5.97 Å². The Morgan fingerprint density at radius 2 is 2.27 bits per heavy atom. The summed E-state index contributed by atoms with van der Waals surface area (Å²) in [6.07, 6.45) is 1.53. The highest BCUT2D eigenvalue weighted by Crippen LogP contribution is 2.18. The lowest BCUT2D eigenvalue weighted by Crippen LogP contribution is -2.15. The third-order valence-electron chi connectivity index (χ3n) is 1.77. The molecule has 82 valence electrons. The Morgan fingerprint density at radius 1 is 1.60 bits per heavy atom. The van der Waals surface area contributed by atoms with Crippen LogP contribution in [0.4, 0.5) is 11.5 Å². The molecule has 1 rings (SSSR count). The lowest BCUT2D eigenvalue weighted by Gasteiger charge is -2.13. The minimum atomic E-state index is -0.424. The van der Waals surface area contributed by atoms with Gasteiger partial charge in [-0.25, -0.2) is 9.78 Å². The van der Waals surface area contributed by atoms with Gasteiger partial charge in [-0.2, -0.15) is 0 Å². The summed E-state index contributed by atoms with van der Waals surface area (Å²) in [6, 6.07) is 1.70. The van der Waals surface area contributed by atoms with Crippen molar-refractivity contribution < 1.29 is 9.53 Å². The summed E-state index contributed by atoms with van der Waals surface area (Å²) < 4.78 is 4.65. The van der Waals surface area contributed by atoms with E-state index in [1.807, 2.05) is 13.8 Å². The molecule has 3 N–H and O–H groups in total. The highest BCUT2D eigenvalue weighted by molar-refractivity contribution is 5.96. The maximum atomic E-state index is 11.4. The minimum absolute atomic E-state index is 0.207. The first kappa shape index (κ1) is 11.3. The lowest BCUT2D eigenvalue weighted by molar-refractivity contribution is 0.0601. The summed E-state index contributed by atoms with van der Waals surface area (Å²) in [7, 11) is 1.33. The normalized spacial score (nSPS) is 10.1. The number of nitrogens with zero attached hydrogens (tertiary/aromatic N) is 1. The summed E-state index contributed by atoms with van der Waals surface area (Å²) in [5.41, 5.74) is 6.54. The van der Waals surface area contributed by atoms with Gasteiger partial charge in [-0.1, -0.05) is 0 Å². The number of rotatable bonds is 3. The number of hydrogen-bond acceptors (Lipinski definition) is 5. The number of methoxy groups -OCH3 is 1. The summed E-state index contributed by atoms with van der Waals surface area (Å²) >= 11 is 0. The second-order valence-electron chi connectivity index (χ2n) is 3.45. The van der Waals surface area contributed by atoms with E-state index >= 15 is 0 Å². The van der Waals surface area contributed by atoms with Gasteiger partial charge in [-0.05, 0) is 19.9 Å². The van der Waals surface area contributed by atoms with Crippen LogP contribution in [0.25, 0.3) is 0 Å². The number of nitrogen functional groups attached to an aromatic ring is 1. The summed E-state index contributed by atoms with van der Waals surface area (Å²) in [5.74, 6) is -0.128. The van der Waals surface area contributed by atoms with E-state index < -0.39 is 5.97 Å². The maximum absolute atomic E-state index is 11.4. The van der Waals surface area contributed by atoms with E-state index in [1.54, 1.807) is 0 Å². The molecular weight excluding hydrogens is 194 g/mol.